The Kier molecular flexibility index (Phi) is 4.72. The topological polar surface area (TPSA) is 78.6 Å². The predicted molar refractivity (Wildman–Crippen MR) is 88.2 cm³/mol. The van der Waals surface area contributed by atoms with E-state index in [2.05, 4.69) is 4.98 Å². The molecule has 0 fully saturated rings. The van der Waals surface area contributed by atoms with Crippen molar-refractivity contribution in [3.8, 4) is 17.2 Å². The molecule has 0 radical (unpaired) electrons. The van der Waals surface area contributed by atoms with Crippen molar-refractivity contribution in [1.82, 2.24) is 4.98 Å². The lowest BCUT2D eigenvalue weighted by atomic mass is 10.2. The summed E-state index contributed by atoms with van der Waals surface area (Å²) in [5.41, 5.74) is 2.26. The number of nitrogens with zero attached hydrogens (tertiary/aromatic N) is 1. The number of carbonyl (C=O) groups is 1. The van der Waals surface area contributed by atoms with Crippen molar-refractivity contribution in [2.45, 2.75) is 6.61 Å². The summed E-state index contributed by atoms with van der Waals surface area (Å²) in [6.45, 7) is 0.195. The Labute approximate surface area is 141 Å². The van der Waals surface area contributed by atoms with E-state index in [4.69, 9.17) is 13.9 Å². The fourth-order valence-electron chi connectivity index (χ4n) is 2.08. The third-order valence-electron chi connectivity index (χ3n) is 3.21. The van der Waals surface area contributed by atoms with E-state index < -0.39 is 5.97 Å². The highest BCUT2D eigenvalue weighted by atomic mass is 32.1. The van der Waals surface area contributed by atoms with Gasteiger partial charge in [0.25, 0.3) is 0 Å². The highest BCUT2D eigenvalue weighted by Gasteiger charge is 2.23. The van der Waals surface area contributed by atoms with Crippen LogP contribution in [-0.4, -0.2) is 18.1 Å². The van der Waals surface area contributed by atoms with E-state index in [1.54, 1.807) is 0 Å². The Morgan fingerprint density at radius 3 is 2.79 bits per heavy atom. The molecule has 0 unspecified atom stereocenters. The normalized spacial score (nSPS) is 10.4. The summed E-state index contributed by atoms with van der Waals surface area (Å²) in [4.78, 5) is 28.4. The maximum atomic E-state index is 12.2. The monoisotopic (exact) mass is 343 g/mol. The van der Waals surface area contributed by atoms with Gasteiger partial charge in [-0.3, -0.25) is 4.79 Å². The molecular weight excluding hydrogens is 330 g/mol. The molecule has 3 aromatic rings. The molecule has 2 heterocycles. The van der Waals surface area contributed by atoms with Crippen molar-refractivity contribution in [1.29, 1.82) is 0 Å². The van der Waals surface area contributed by atoms with Gasteiger partial charge >= 0.3 is 5.97 Å². The number of esters is 1. The Balaban J connectivity index is 1.98. The molecule has 1 aromatic carbocycles. The van der Waals surface area contributed by atoms with Gasteiger partial charge in [0.2, 0.25) is 11.2 Å². The van der Waals surface area contributed by atoms with Crippen LogP contribution in [-0.2, 0) is 11.3 Å². The van der Waals surface area contributed by atoms with Crippen LogP contribution in [0.4, 0.5) is 0 Å². The number of aromatic nitrogens is 1. The van der Waals surface area contributed by atoms with Crippen molar-refractivity contribution in [2.24, 2.45) is 0 Å². The molecule has 0 atom stereocenters. The first-order valence-electron chi connectivity index (χ1n) is 7.01. The zero-order chi connectivity index (χ0) is 16.9. The molecule has 24 heavy (non-hydrogen) atoms. The van der Waals surface area contributed by atoms with Crippen LogP contribution in [0, 0.1) is 0 Å². The Hall–Kier alpha value is -2.93. The fraction of sp³-hybridized carbons (Fsp3) is 0.118. The minimum atomic E-state index is -0.548. The Morgan fingerprint density at radius 2 is 2.04 bits per heavy atom. The maximum absolute atomic E-state index is 12.2. The number of thiazole rings is 1. The molecule has 0 aliphatic heterocycles. The molecular formula is C17H13NO5S. The number of benzene rings is 1. The summed E-state index contributed by atoms with van der Waals surface area (Å²) in [5.74, 6) is -0.425. The number of methoxy groups -OCH3 is 1. The highest BCUT2D eigenvalue weighted by molar-refractivity contribution is 7.12. The first-order chi connectivity index (χ1) is 11.7. The van der Waals surface area contributed by atoms with Crippen molar-refractivity contribution in [2.75, 3.05) is 7.11 Å². The summed E-state index contributed by atoms with van der Waals surface area (Å²) in [7, 11) is 1.28. The van der Waals surface area contributed by atoms with E-state index in [1.165, 1.54) is 24.9 Å². The zero-order valence-corrected chi connectivity index (χ0v) is 13.5. The standard InChI is InChI=1S/C17H13NO5S/c1-21-17(20)16-13(18-10-24-16)15-14(12(19)7-8-22-15)23-9-11-5-3-2-4-6-11/h2-8,10H,9H2,1H3. The molecule has 122 valence electrons. The van der Waals surface area contributed by atoms with Gasteiger partial charge in [0.1, 0.15) is 17.2 Å². The lowest BCUT2D eigenvalue weighted by Gasteiger charge is -2.09. The van der Waals surface area contributed by atoms with Crippen LogP contribution in [0.25, 0.3) is 11.5 Å². The highest BCUT2D eigenvalue weighted by Crippen LogP contribution is 2.31. The summed E-state index contributed by atoms with van der Waals surface area (Å²) in [6, 6.07) is 10.7. The third kappa shape index (κ3) is 3.21. The average molecular weight is 343 g/mol. The largest absolute Gasteiger partial charge is 0.481 e. The molecule has 0 saturated heterocycles. The van der Waals surface area contributed by atoms with Gasteiger partial charge in [-0.1, -0.05) is 30.3 Å². The van der Waals surface area contributed by atoms with E-state index in [9.17, 15) is 9.59 Å². The van der Waals surface area contributed by atoms with Crippen molar-refractivity contribution in [3.05, 3.63) is 68.8 Å². The van der Waals surface area contributed by atoms with Gasteiger partial charge in [-0.25, -0.2) is 9.78 Å². The second-order valence-electron chi connectivity index (χ2n) is 4.74. The minimum Gasteiger partial charge on any atom is -0.481 e. The molecule has 2 aromatic heterocycles. The van der Waals surface area contributed by atoms with E-state index in [1.807, 2.05) is 30.3 Å². The fourth-order valence-corrected chi connectivity index (χ4v) is 2.78. The molecule has 6 nitrogen and oxygen atoms in total. The van der Waals surface area contributed by atoms with Gasteiger partial charge in [-0.2, -0.15) is 0 Å². The van der Waals surface area contributed by atoms with Crippen LogP contribution < -0.4 is 10.2 Å². The van der Waals surface area contributed by atoms with Crippen molar-refractivity contribution in [3.63, 3.8) is 0 Å². The SMILES string of the molecule is COC(=O)c1scnc1-c1occc(=O)c1OCc1ccccc1. The predicted octanol–water partition coefficient (Wildman–Crippen LogP) is 3.13. The molecule has 3 rings (SSSR count). The van der Waals surface area contributed by atoms with E-state index in [-0.39, 0.29) is 34.1 Å². The van der Waals surface area contributed by atoms with Gasteiger partial charge in [0.15, 0.2) is 5.76 Å². The second-order valence-corrected chi connectivity index (χ2v) is 5.59. The summed E-state index contributed by atoms with van der Waals surface area (Å²) >= 11 is 1.10. The Bertz CT molecular complexity index is 901. The van der Waals surface area contributed by atoms with Crippen LogP contribution in [0.2, 0.25) is 0 Å². The second kappa shape index (κ2) is 7.10. The molecule has 0 N–H and O–H groups in total. The number of hydrogen-bond donors (Lipinski definition) is 0. The lowest BCUT2D eigenvalue weighted by Crippen LogP contribution is -2.09. The van der Waals surface area contributed by atoms with Crippen LogP contribution in [0.15, 0.2) is 57.4 Å². The van der Waals surface area contributed by atoms with E-state index >= 15 is 0 Å². The summed E-state index contributed by atoms with van der Waals surface area (Å²) in [5, 5.41) is 0. The van der Waals surface area contributed by atoms with E-state index in [0.29, 0.717) is 0 Å². The van der Waals surface area contributed by atoms with Crippen LogP contribution in [0.3, 0.4) is 0 Å². The molecule has 0 bridgehead atoms. The number of carbonyl (C=O) groups excluding carboxylic acids is 1. The lowest BCUT2D eigenvalue weighted by molar-refractivity contribution is 0.0606. The average Bonchev–Trinajstić information content (AvgIpc) is 3.10. The molecule has 0 saturated carbocycles. The third-order valence-corrected chi connectivity index (χ3v) is 4.02. The van der Waals surface area contributed by atoms with Gasteiger partial charge in [-0.15, -0.1) is 11.3 Å². The number of rotatable bonds is 5. The molecule has 0 aliphatic rings. The van der Waals surface area contributed by atoms with Crippen molar-refractivity contribution < 1.29 is 18.7 Å². The molecule has 7 heteroatoms. The van der Waals surface area contributed by atoms with Gasteiger partial charge in [0, 0.05) is 6.07 Å². The van der Waals surface area contributed by atoms with Crippen LogP contribution >= 0.6 is 11.3 Å². The summed E-state index contributed by atoms with van der Waals surface area (Å²) in [6.07, 6.45) is 1.24. The van der Waals surface area contributed by atoms with Gasteiger partial charge in [0.05, 0.1) is 18.9 Å². The quantitative estimate of drug-likeness (QED) is 0.662. The molecule has 0 aliphatic carbocycles. The van der Waals surface area contributed by atoms with Gasteiger partial charge < -0.3 is 13.9 Å². The molecule has 0 spiro atoms. The zero-order valence-electron chi connectivity index (χ0n) is 12.7. The first kappa shape index (κ1) is 15.9. The van der Waals surface area contributed by atoms with Gasteiger partial charge in [-0.05, 0) is 5.56 Å². The summed E-state index contributed by atoms with van der Waals surface area (Å²) < 4.78 is 15.8. The Morgan fingerprint density at radius 1 is 1.25 bits per heavy atom. The maximum Gasteiger partial charge on any atom is 0.350 e. The number of hydrogen-bond acceptors (Lipinski definition) is 7. The van der Waals surface area contributed by atoms with E-state index in [0.717, 1.165) is 16.9 Å². The van der Waals surface area contributed by atoms with Crippen molar-refractivity contribution >= 4 is 17.3 Å². The smallest absolute Gasteiger partial charge is 0.350 e. The number of ether oxygens (including phenoxy) is 2. The molecule has 0 amide bonds. The van der Waals surface area contributed by atoms with Crippen LogP contribution in [0.1, 0.15) is 15.2 Å². The van der Waals surface area contributed by atoms with Crippen LogP contribution in [0.5, 0.6) is 5.75 Å². The first-order valence-corrected chi connectivity index (χ1v) is 7.89. The minimum absolute atomic E-state index is 0.0115.